The Morgan fingerprint density at radius 1 is 1.00 bits per heavy atom. The third-order valence-electron chi connectivity index (χ3n) is 5.98. The van der Waals surface area contributed by atoms with Gasteiger partial charge < -0.3 is 15.5 Å². The lowest BCUT2D eigenvalue weighted by Crippen LogP contribution is -2.36. The molecule has 2 aromatic carbocycles. The molecule has 1 amide bonds. The van der Waals surface area contributed by atoms with Crippen LogP contribution in [0.3, 0.4) is 0 Å². The fraction of sp³-hybridized carbons (Fsp3) is 0.375. The van der Waals surface area contributed by atoms with Crippen molar-refractivity contribution < 1.29 is 18.0 Å². The molecule has 1 saturated carbocycles. The van der Waals surface area contributed by atoms with Crippen molar-refractivity contribution in [1.29, 1.82) is 0 Å². The van der Waals surface area contributed by atoms with Gasteiger partial charge in [0.05, 0.1) is 5.52 Å². The number of halogens is 3. The molecule has 9 heteroatoms. The quantitative estimate of drug-likeness (QED) is 0.537. The zero-order chi connectivity index (χ0) is 23.5. The van der Waals surface area contributed by atoms with E-state index < -0.39 is 17.5 Å². The maximum atomic E-state index is 13.8. The van der Waals surface area contributed by atoms with E-state index in [0.29, 0.717) is 24.9 Å². The number of rotatable bonds is 6. The summed E-state index contributed by atoms with van der Waals surface area (Å²) in [6.45, 7) is -0.182. The van der Waals surface area contributed by atoms with Gasteiger partial charge in [-0.2, -0.15) is 4.98 Å². The van der Waals surface area contributed by atoms with Crippen LogP contribution in [0.1, 0.15) is 31.2 Å². The second kappa shape index (κ2) is 9.64. The fourth-order valence-electron chi connectivity index (χ4n) is 4.17. The summed E-state index contributed by atoms with van der Waals surface area (Å²) in [6, 6.07) is 9.24. The van der Waals surface area contributed by atoms with E-state index in [1.54, 1.807) is 0 Å². The first kappa shape index (κ1) is 22.8. The molecular formula is C24H26F3N5O. The van der Waals surface area contributed by atoms with Crippen LogP contribution in [0.5, 0.6) is 0 Å². The van der Waals surface area contributed by atoms with Gasteiger partial charge in [0, 0.05) is 49.6 Å². The van der Waals surface area contributed by atoms with Gasteiger partial charge in [0.25, 0.3) is 0 Å². The Balaban J connectivity index is 1.34. The Morgan fingerprint density at radius 2 is 1.70 bits per heavy atom. The Kier molecular flexibility index (Phi) is 6.67. The first-order chi connectivity index (χ1) is 15.8. The van der Waals surface area contributed by atoms with Crippen LogP contribution in [0.25, 0.3) is 10.9 Å². The largest absolute Gasteiger partial charge is 0.362 e. The van der Waals surface area contributed by atoms with Gasteiger partial charge in [0.1, 0.15) is 11.6 Å². The predicted molar refractivity (Wildman–Crippen MR) is 121 cm³/mol. The monoisotopic (exact) mass is 457 g/mol. The number of para-hydroxylation sites is 1. The summed E-state index contributed by atoms with van der Waals surface area (Å²) >= 11 is 0. The predicted octanol–water partition coefficient (Wildman–Crippen LogP) is 4.40. The highest BCUT2D eigenvalue weighted by Crippen LogP contribution is 2.28. The van der Waals surface area contributed by atoms with Crippen molar-refractivity contribution >= 4 is 28.6 Å². The summed E-state index contributed by atoms with van der Waals surface area (Å²) in [5.74, 6) is -2.31. The van der Waals surface area contributed by atoms with Gasteiger partial charge in [-0.1, -0.05) is 12.1 Å². The van der Waals surface area contributed by atoms with E-state index in [0.717, 1.165) is 35.6 Å². The Labute approximate surface area is 190 Å². The Bertz CT molecular complexity index is 1160. The molecule has 0 atom stereocenters. The van der Waals surface area contributed by atoms with Crippen LogP contribution in [0, 0.1) is 23.4 Å². The first-order valence-corrected chi connectivity index (χ1v) is 10.9. The van der Waals surface area contributed by atoms with E-state index in [1.165, 1.54) is 0 Å². The normalized spacial score (nSPS) is 18.2. The maximum absolute atomic E-state index is 13.8. The Hall–Kier alpha value is -3.36. The highest BCUT2D eigenvalue weighted by Gasteiger charge is 2.27. The number of carbonyl (C=O) groups is 1. The van der Waals surface area contributed by atoms with E-state index >= 15 is 0 Å². The molecule has 2 N–H and O–H groups in total. The summed E-state index contributed by atoms with van der Waals surface area (Å²) < 4.78 is 40.2. The summed E-state index contributed by atoms with van der Waals surface area (Å²) in [7, 11) is 3.88. The molecule has 1 aliphatic rings. The van der Waals surface area contributed by atoms with Crippen molar-refractivity contribution in [3.05, 3.63) is 59.4 Å². The maximum Gasteiger partial charge on any atom is 0.225 e. The molecular weight excluding hydrogens is 431 g/mol. The zero-order valence-corrected chi connectivity index (χ0v) is 18.5. The van der Waals surface area contributed by atoms with Crippen molar-refractivity contribution in [2.75, 3.05) is 24.3 Å². The standard InChI is InChI=1S/C24H26F3N5O/c1-32(2)22-17-5-3-4-6-21(17)30-24(31-22)29-16-9-7-14(8-10-16)23(33)28-13-15-11-19(26)20(27)12-18(15)25/h3-6,11-12,14,16H,7-10,13H2,1-2H3,(H,28,33)(H,29,30,31). The molecule has 0 unspecified atom stereocenters. The number of nitrogens with zero attached hydrogens (tertiary/aromatic N) is 3. The van der Waals surface area contributed by atoms with E-state index in [1.807, 2.05) is 43.3 Å². The number of aromatic nitrogens is 2. The molecule has 4 rings (SSSR count). The summed E-state index contributed by atoms with van der Waals surface area (Å²) in [5, 5.41) is 7.02. The summed E-state index contributed by atoms with van der Waals surface area (Å²) in [6.07, 6.45) is 2.81. The highest BCUT2D eigenvalue weighted by atomic mass is 19.2. The number of hydrogen-bond acceptors (Lipinski definition) is 5. The fourth-order valence-corrected chi connectivity index (χ4v) is 4.17. The van der Waals surface area contributed by atoms with Gasteiger partial charge in [0.15, 0.2) is 11.6 Å². The molecule has 174 valence electrons. The molecule has 1 aromatic heterocycles. The average molecular weight is 458 g/mol. The molecule has 6 nitrogen and oxygen atoms in total. The van der Waals surface area contributed by atoms with Crippen molar-refractivity contribution in [3.8, 4) is 0 Å². The molecule has 33 heavy (non-hydrogen) atoms. The number of benzene rings is 2. The van der Waals surface area contributed by atoms with Crippen LogP contribution in [0.15, 0.2) is 36.4 Å². The van der Waals surface area contributed by atoms with Crippen LogP contribution in [-0.4, -0.2) is 36.0 Å². The van der Waals surface area contributed by atoms with Crippen LogP contribution < -0.4 is 15.5 Å². The number of nitrogens with one attached hydrogen (secondary N) is 2. The van der Waals surface area contributed by atoms with Gasteiger partial charge in [-0.25, -0.2) is 18.2 Å². The number of fused-ring (bicyclic) bond motifs is 1. The second-order valence-electron chi connectivity index (χ2n) is 8.55. The van der Waals surface area contributed by atoms with Crippen LogP contribution in [0.4, 0.5) is 24.9 Å². The molecule has 3 aromatic rings. The smallest absolute Gasteiger partial charge is 0.225 e. The molecule has 0 radical (unpaired) electrons. The van der Waals surface area contributed by atoms with Gasteiger partial charge in [-0.15, -0.1) is 0 Å². The van der Waals surface area contributed by atoms with Crippen LogP contribution in [0.2, 0.25) is 0 Å². The van der Waals surface area contributed by atoms with Gasteiger partial charge in [-0.3, -0.25) is 4.79 Å². The van der Waals surface area contributed by atoms with Crippen molar-refractivity contribution in [1.82, 2.24) is 15.3 Å². The Morgan fingerprint density at radius 3 is 2.42 bits per heavy atom. The van der Waals surface area contributed by atoms with Crippen LogP contribution >= 0.6 is 0 Å². The number of anilines is 2. The molecule has 0 saturated heterocycles. The van der Waals surface area contributed by atoms with E-state index in [4.69, 9.17) is 0 Å². The minimum absolute atomic E-state index is 0.0808. The third-order valence-corrected chi connectivity index (χ3v) is 5.98. The molecule has 0 spiro atoms. The summed E-state index contributed by atoms with van der Waals surface area (Å²) in [4.78, 5) is 23.8. The second-order valence-corrected chi connectivity index (χ2v) is 8.55. The van der Waals surface area contributed by atoms with Crippen molar-refractivity contribution in [3.63, 3.8) is 0 Å². The van der Waals surface area contributed by atoms with Gasteiger partial charge in [0.2, 0.25) is 11.9 Å². The van der Waals surface area contributed by atoms with E-state index in [2.05, 4.69) is 20.6 Å². The molecule has 1 fully saturated rings. The van der Waals surface area contributed by atoms with Crippen molar-refractivity contribution in [2.24, 2.45) is 5.92 Å². The molecule has 1 aliphatic carbocycles. The first-order valence-electron chi connectivity index (χ1n) is 10.9. The lowest BCUT2D eigenvalue weighted by Gasteiger charge is -2.28. The lowest BCUT2D eigenvalue weighted by molar-refractivity contribution is -0.126. The van der Waals surface area contributed by atoms with E-state index in [9.17, 15) is 18.0 Å². The number of carbonyl (C=O) groups excluding carboxylic acids is 1. The topological polar surface area (TPSA) is 70.2 Å². The minimum atomic E-state index is -1.25. The number of amides is 1. The van der Waals surface area contributed by atoms with E-state index in [-0.39, 0.29) is 30.0 Å². The minimum Gasteiger partial charge on any atom is -0.362 e. The SMILES string of the molecule is CN(C)c1nc(NC2CCC(C(=O)NCc3cc(F)c(F)cc3F)CC2)nc2ccccc12. The molecule has 0 aliphatic heterocycles. The van der Waals surface area contributed by atoms with Gasteiger partial charge in [-0.05, 0) is 43.9 Å². The van der Waals surface area contributed by atoms with Crippen molar-refractivity contribution in [2.45, 2.75) is 38.3 Å². The zero-order valence-electron chi connectivity index (χ0n) is 18.5. The highest BCUT2D eigenvalue weighted by molar-refractivity contribution is 5.90. The average Bonchev–Trinajstić information content (AvgIpc) is 2.80. The lowest BCUT2D eigenvalue weighted by atomic mass is 9.85. The molecule has 1 heterocycles. The summed E-state index contributed by atoms with van der Waals surface area (Å²) in [5.41, 5.74) is 0.777. The van der Waals surface area contributed by atoms with Gasteiger partial charge >= 0.3 is 0 Å². The third kappa shape index (κ3) is 5.18. The molecule has 0 bridgehead atoms. The van der Waals surface area contributed by atoms with Crippen LogP contribution in [-0.2, 0) is 11.3 Å². The number of hydrogen-bond donors (Lipinski definition) is 2.